The van der Waals surface area contributed by atoms with Crippen molar-refractivity contribution in [2.45, 2.75) is 19.8 Å². The van der Waals surface area contributed by atoms with Crippen molar-refractivity contribution in [2.75, 3.05) is 7.11 Å². The first-order chi connectivity index (χ1) is 7.22. The molecular weight excluding hydrogens is 210 g/mol. The molecule has 0 spiro atoms. The molecule has 0 amide bonds. The molecule has 2 heterocycles. The van der Waals surface area contributed by atoms with Gasteiger partial charge in [0.2, 0.25) is 0 Å². The van der Waals surface area contributed by atoms with Gasteiger partial charge >= 0.3 is 0 Å². The van der Waals surface area contributed by atoms with Crippen molar-refractivity contribution in [3.8, 4) is 16.5 Å². The van der Waals surface area contributed by atoms with Gasteiger partial charge in [0.15, 0.2) is 5.82 Å². The van der Waals surface area contributed by atoms with Crippen LogP contribution in [0.3, 0.4) is 0 Å². The summed E-state index contributed by atoms with van der Waals surface area (Å²) in [5.74, 6) is 2.80. The molecule has 4 nitrogen and oxygen atoms in total. The average Bonchev–Trinajstić information content (AvgIpc) is 2.85. The van der Waals surface area contributed by atoms with Crippen LogP contribution in [0.5, 0.6) is 5.75 Å². The van der Waals surface area contributed by atoms with Crippen LogP contribution in [-0.2, 0) is 0 Å². The lowest BCUT2D eigenvalue weighted by atomic mass is 10.2. The third kappa shape index (κ3) is 1.87. The van der Waals surface area contributed by atoms with E-state index in [1.807, 2.05) is 11.4 Å². The van der Waals surface area contributed by atoms with Gasteiger partial charge in [0, 0.05) is 5.92 Å². The maximum absolute atomic E-state index is 5.23. The van der Waals surface area contributed by atoms with Gasteiger partial charge in [-0.2, -0.15) is 5.10 Å². The van der Waals surface area contributed by atoms with Gasteiger partial charge in [-0.25, -0.2) is 4.98 Å². The van der Waals surface area contributed by atoms with Crippen molar-refractivity contribution >= 4 is 11.3 Å². The first-order valence-corrected chi connectivity index (χ1v) is 5.64. The van der Waals surface area contributed by atoms with Gasteiger partial charge in [-0.05, 0) is 11.4 Å². The van der Waals surface area contributed by atoms with E-state index in [2.05, 4.69) is 29.0 Å². The van der Waals surface area contributed by atoms with E-state index in [1.54, 1.807) is 18.4 Å². The van der Waals surface area contributed by atoms with Crippen molar-refractivity contribution in [1.29, 1.82) is 0 Å². The second-order valence-electron chi connectivity index (χ2n) is 3.52. The van der Waals surface area contributed by atoms with Gasteiger partial charge in [0.1, 0.15) is 16.5 Å². The van der Waals surface area contributed by atoms with Gasteiger partial charge in [0.05, 0.1) is 7.11 Å². The predicted octanol–water partition coefficient (Wildman–Crippen LogP) is 2.67. The molecule has 0 fully saturated rings. The number of aromatic amines is 1. The third-order valence-electron chi connectivity index (χ3n) is 2.10. The highest BCUT2D eigenvalue weighted by Gasteiger charge is 2.13. The quantitative estimate of drug-likeness (QED) is 0.870. The Kier molecular flexibility index (Phi) is 2.73. The van der Waals surface area contributed by atoms with Crippen LogP contribution in [0.4, 0.5) is 0 Å². The van der Waals surface area contributed by atoms with Crippen LogP contribution in [-0.4, -0.2) is 22.3 Å². The minimum atomic E-state index is 0.359. The Bertz CT molecular complexity index is 447. The van der Waals surface area contributed by atoms with Crippen LogP contribution in [0.15, 0.2) is 11.4 Å². The molecule has 0 aliphatic carbocycles. The molecule has 0 atom stereocenters. The van der Waals surface area contributed by atoms with E-state index in [1.165, 1.54) is 0 Å². The zero-order chi connectivity index (χ0) is 10.8. The molecule has 1 N–H and O–H groups in total. The van der Waals surface area contributed by atoms with E-state index in [-0.39, 0.29) is 0 Å². The molecule has 0 aliphatic heterocycles. The van der Waals surface area contributed by atoms with Crippen molar-refractivity contribution in [2.24, 2.45) is 0 Å². The van der Waals surface area contributed by atoms with Gasteiger partial charge in [-0.3, -0.25) is 5.10 Å². The predicted molar refractivity (Wildman–Crippen MR) is 60.3 cm³/mol. The number of nitrogens with zero attached hydrogens (tertiary/aromatic N) is 2. The fourth-order valence-electron chi connectivity index (χ4n) is 1.26. The van der Waals surface area contributed by atoms with E-state index < -0.39 is 0 Å². The summed E-state index contributed by atoms with van der Waals surface area (Å²) in [5.41, 5.74) is 0. The first kappa shape index (κ1) is 10.2. The van der Waals surface area contributed by atoms with Crippen molar-refractivity contribution in [1.82, 2.24) is 15.2 Å². The van der Waals surface area contributed by atoms with E-state index >= 15 is 0 Å². The number of aromatic nitrogens is 3. The highest BCUT2D eigenvalue weighted by molar-refractivity contribution is 7.13. The smallest absolute Gasteiger partial charge is 0.195 e. The Hall–Kier alpha value is -1.36. The summed E-state index contributed by atoms with van der Waals surface area (Å²) in [5, 5.41) is 9.09. The Morgan fingerprint density at radius 3 is 2.87 bits per heavy atom. The minimum Gasteiger partial charge on any atom is -0.495 e. The number of H-pyrrole nitrogens is 1. The topological polar surface area (TPSA) is 50.8 Å². The number of rotatable bonds is 3. The van der Waals surface area contributed by atoms with Crippen LogP contribution in [0.2, 0.25) is 0 Å². The molecule has 2 rings (SSSR count). The molecule has 2 aromatic rings. The third-order valence-corrected chi connectivity index (χ3v) is 2.99. The molecule has 0 aliphatic rings. The molecule has 0 saturated heterocycles. The lowest BCUT2D eigenvalue weighted by Crippen LogP contribution is -1.89. The zero-order valence-corrected chi connectivity index (χ0v) is 9.76. The van der Waals surface area contributed by atoms with Crippen molar-refractivity contribution in [3.05, 3.63) is 17.3 Å². The van der Waals surface area contributed by atoms with E-state index in [4.69, 9.17) is 4.74 Å². The normalized spacial score (nSPS) is 10.9. The maximum atomic E-state index is 5.23. The molecule has 0 radical (unpaired) electrons. The molecule has 80 valence electrons. The Labute approximate surface area is 92.3 Å². The van der Waals surface area contributed by atoms with Crippen LogP contribution in [0.25, 0.3) is 10.7 Å². The fourth-order valence-corrected chi connectivity index (χ4v) is 2.05. The van der Waals surface area contributed by atoms with Crippen LogP contribution in [0, 0.1) is 0 Å². The molecule has 0 unspecified atom stereocenters. The molecule has 0 bridgehead atoms. The number of hydrogen-bond donors (Lipinski definition) is 1. The second kappa shape index (κ2) is 4.02. The van der Waals surface area contributed by atoms with E-state index in [0.29, 0.717) is 11.7 Å². The number of ether oxygens (including phenoxy) is 1. The molecule has 0 saturated carbocycles. The molecular formula is C10H13N3OS. The summed E-state index contributed by atoms with van der Waals surface area (Å²) >= 11 is 1.58. The van der Waals surface area contributed by atoms with Crippen LogP contribution in [0.1, 0.15) is 25.6 Å². The van der Waals surface area contributed by atoms with E-state index in [0.717, 1.165) is 16.5 Å². The number of hydrogen-bond acceptors (Lipinski definition) is 4. The monoisotopic (exact) mass is 223 g/mol. The van der Waals surface area contributed by atoms with Crippen LogP contribution >= 0.6 is 11.3 Å². The summed E-state index contributed by atoms with van der Waals surface area (Å²) < 4.78 is 5.23. The minimum absolute atomic E-state index is 0.359. The average molecular weight is 223 g/mol. The Morgan fingerprint density at radius 1 is 1.47 bits per heavy atom. The number of nitrogens with one attached hydrogen (secondary N) is 1. The Balaban J connectivity index is 2.37. The highest BCUT2D eigenvalue weighted by atomic mass is 32.1. The second-order valence-corrected chi connectivity index (χ2v) is 4.43. The SMILES string of the molecule is COc1ccsc1-c1n[nH]c(C(C)C)n1. The summed E-state index contributed by atoms with van der Waals surface area (Å²) in [6, 6.07) is 1.92. The molecule has 15 heavy (non-hydrogen) atoms. The first-order valence-electron chi connectivity index (χ1n) is 4.76. The van der Waals surface area contributed by atoms with Gasteiger partial charge in [-0.1, -0.05) is 13.8 Å². The fraction of sp³-hybridized carbons (Fsp3) is 0.400. The maximum Gasteiger partial charge on any atom is 0.195 e. The van der Waals surface area contributed by atoms with Crippen LogP contribution < -0.4 is 4.74 Å². The van der Waals surface area contributed by atoms with E-state index in [9.17, 15) is 0 Å². The summed E-state index contributed by atoms with van der Waals surface area (Å²) in [6.45, 7) is 4.16. The molecule has 2 aromatic heterocycles. The lowest BCUT2D eigenvalue weighted by Gasteiger charge is -1.97. The zero-order valence-electron chi connectivity index (χ0n) is 8.94. The molecule has 0 aromatic carbocycles. The largest absolute Gasteiger partial charge is 0.495 e. The van der Waals surface area contributed by atoms with Gasteiger partial charge in [0.25, 0.3) is 0 Å². The van der Waals surface area contributed by atoms with Gasteiger partial charge < -0.3 is 4.74 Å². The summed E-state index contributed by atoms with van der Waals surface area (Å²) in [4.78, 5) is 5.40. The number of thiophene rings is 1. The Morgan fingerprint density at radius 2 is 2.27 bits per heavy atom. The standard InChI is InChI=1S/C10H13N3OS/c1-6(2)9-11-10(13-12-9)8-7(14-3)4-5-15-8/h4-6H,1-3H3,(H,11,12,13). The van der Waals surface area contributed by atoms with Crippen molar-refractivity contribution in [3.63, 3.8) is 0 Å². The highest BCUT2D eigenvalue weighted by Crippen LogP contribution is 2.33. The molecule has 5 heteroatoms. The summed E-state index contributed by atoms with van der Waals surface area (Å²) in [6.07, 6.45) is 0. The van der Waals surface area contributed by atoms with Gasteiger partial charge in [-0.15, -0.1) is 11.3 Å². The summed E-state index contributed by atoms with van der Waals surface area (Å²) in [7, 11) is 1.65. The van der Waals surface area contributed by atoms with Crippen molar-refractivity contribution < 1.29 is 4.74 Å². The lowest BCUT2D eigenvalue weighted by molar-refractivity contribution is 0.418. The number of methoxy groups -OCH3 is 1.